The number of carbonyl (C=O) groups is 1. The maximum absolute atomic E-state index is 12.9. The molecule has 1 aliphatic carbocycles. The fourth-order valence-electron chi connectivity index (χ4n) is 3.03. The van der Waals surface area contributed by atoms with Crippen molar-refractivity contribution >= 4 is 16.6 Å². The number of nitrogens with zero attached hydrogens (tertiary/aromatic N) is 1. The van der Waals surface area contributed by atoms with E-state index in [0.29, 0.717) is 0 Å². The number of fused-ring (bicyclic) bond motifs is 1. The van der Waals surface area contributed by atoms with Crippen molar-refractivity contribution in [2.75, 3.05) is 7.11 Å². The fraction of sp³-hybridized carbons (Fsp3) is 0.375. The summed E-state index contributed by atoms with van der Waals surface area (Å²) >= 11 is 0. The summed E-state index contributed by atoms with van der Waals surface area (Å²) in [4.78, 5) is 17.0. The van der Waals surface area contributed by atoms with E-state index in [1.54, 1.807) is 19.5 Å². The van der Waals surface area contributed by atoms with Crippen LogP contribution in [0.5, 0.6) is 0 Å². The van der Waals surface area contributed by atoms with Crippen LogP contribution in [0.2, 0.25) is 0 Å². The molecule has 1 aromatic heterocycles. The molecule has 3 rings (SSSR count). The maximum atomic E-state index is 12.9. The van der Waals surface area contributed by atoms with Gasteiger partial charge in [0.2, 0.25) is 0 Å². The Labute approximate surface area is 112 Å². The number of ketones is 1. The predicted octanol–water partition coefficient (Wildman–Crippen LogP) is 3.38. The molecule has 3 nitrogen and oxygen atoms in total. The first kappa shape index (κ1) is 12.3. The number of rotatable bonds is 3. The Kier molecular flexibility index (Phi) is 3.07. The highest BCUT2D eigenvalue weighted by atomic mass is 16.5. The van der Waals surface area contributed by atoms with E-state index in [2.05, 4.69) is 4.98 Å². The lowest BCUT2D eigenvalue weighted by Crippen LogP contribution is -2.37. The van der Waals surface area contributed by atoms with Crippen LogP contribution in [0.25, 0.3) is 10.8 Å². The monoisotopic (exact) mass is 255 g/mol. The van der Waals surface area contributed by atoms with Gasteiger partial charge in [0, 0.05) is 30.5 Å². The normalized spacial score (nSPS) is 17.7. The van der Waals surface area contributed by atoms with Crippen molar-refractivity contribution in [3.8, 4) is 0 Å². The summed E-state index contributed by atoms with van der Waals surface area (Å²) in [5.74, 6) is 0.103. The molecule has 0 aliphatic heterocycles. The number of Topliss-reactive ketones (excluding diaryl/α,β-unsaturated/α-hetero) is 1. The third-order valence-corrected chi connectivity index (χ3v) is 4.14. The molecule has 0 spiro atoms. The van der Waals surface area contributed by atoms with Crippen LogP contribution < -0.4 is 0 Å². The van der Waals surface area contributed by atoms with E-state index in [1.165, 1.54) is 0 Å². The molecule has 0 radical (unpaired) electrons. The molecule has 0 unspecified atom stereocenters. The van der Waals surface area contributed by atoms with Crippen LogP contribution in [0, 0.1) is 0 Å². The summed E-state index contributed by atoms with van der Waals surface area (Å²) in [5.41, 5.74) is 0.110. The van der Waals surface area contributed by atoms with E-state index >= 15 is 0 Å². The second-order valence-corrected chi connectivity index (χ2v) is 5.14. The maximum Gasteiger partial charge on any atom is 0.195 e. The highest BCUT2D eigenvalue weighted by Crippen LogP contribution is 2.36. The van der Waals surface area contributed by atoms with Crippen molar-refractivity contribution in [2.24, 2.45) is 0 Å². The molecule has 0 saturated heterocycles. The quantitative estimate of drug-likeness (QED) is 0.789. The van der Waals surface area contributed by atoms with Crippen molar-refractivity contribution in [1.82, 2.24) is 4.98 Å². The zero-order valence-corrected chi connectivity index (χ0v) is 11.1. The first-order chi connectivity index (χ1) is 9.27. The number of carbonyl (C=O) groups excluding carboxylic acids is 1. The number of pyridine rings is 1. The molecule has 1 saturated carbocycles. The van der Waals surface area contributed by atoms with Gasteiger partial charge >= 0.3 is 0 Å². The highest BCUT2D eigenvalue weighted by Gasteiger charge is 2.42. The second kappa shape index (κ2) is 4.74. The van der Waals surface area contributed by atoms with Gasteiger partial charge in [0.1, 0.15) is 5.60 Å². The Bertz CT molecular complexity index is 610. The number of benzene rings is 1. The minimum atomic E-state index is -0.621. The Morgan fingerprint density at radius 3 is 2.79 bits per heavy atom. The Morgan fingerprint density at radius 1 is 1.26 bits per heavy atom. The largest absolute Gasteiger partial charge is 0.370 e. The van der Waals surface area contributed by atoms with Gasteiger partial charge in [-0.3, -0.25) is 9.78 Å². The summed E-state index contributed by atoms with van der Waals surface area (Å²) in [7, 11) is 1.65. The summed E-state index contributed by atoms with van der Waals surface area (Å²) in [6.45, 7) is 0. The molecule has 3 heteroatoms. The number of ether oxygens (including phenoxy) is 1. The van der Waals surface area contributed by atoms with Gasteiger partial charge in [-0.25, -0.2) is 0 Å². The van der Waals surface area contributed by atoms with Crippen molar-refractivity contribution in [1.29, 1.82) is 0 Å². The molecule has 0 bridgehead atoms. The topological polar surface area (TPSA) is 39.2 Å². The minimum absolute atomic E-state index is 0.103. The molecule has 1 aliphatic rings. The second-order valence-electron chi connectivity index (χ2n) is 5.14. The third kappa shape index (κ3) is 1.94. The van der Waals surface area contributed by atoms with Crippen LogP contribution in [0.15, 0.2) is 36.7 Å². The van der Waals surface area contributed by atoms with E-state index in [9.17, 15) is 4.79 Å². The summed E-state index contributed by atoms with van der Waals surface area (Å²) in [6, 6.07) is 7.74. The predicted molar refractivity (Wildman–Crippen MR) is 74.3 cm³/mol. The SMILES string of the molecule is COC1(C(=O)c2cccc3ccncc23)CCCC1. The molecule has 2 aromatic rings. The lowest BCUT2D eigenvalue weighted by atomic mass is 9.89. The molecular formula is C16H17NO2. The lowest BCUT2D eigenvalue weighted by Gasteiger charge is -2.26. The molecule has 0 atom stereocenters. The van der Waals surface area contributed by atoms with Gasteiger partial charge in [-0.2, -0.15) is 0 Å². The zero-order valence-electron chi connectivity index (χ0n) is 11.1. The van der Waals surface area contributed by atoms with E-state index in [0.717, 1.165) is 42.0 Å². The minimum Gasteiger partial charge on any atom is -0.370 e. The third-order valence-electron chi connectivity index (χ3n) is 4.14. The first-order valence-electron chi connectivity index (χ1n) is 6.69. The standard InChI is InChI=1S/C16H17NO2/c1-19-16(8-2-3-9-16)15(18)13-6-4-5-12-7-10-17-11-14(12)13/h4-7,10-11H,2-3,8-9H2,1H3. The number of aromatic nitrogens is 1. The van der Waals surface area contributed by atoms with Crippen LogP contribution in [-0.4, -0.2) is 23.5 Å². The smallest absolute Gasteiger partial charge is 0.195 e. The van der Waals surface area contributed by atoms with Crippen LogP contribution in [-0.2, 0) is 4.74 Å². The van der Waals surface area contributed by atoms with Gasteiger partial charge in [0.15, 0.2) is 5.78 Å². The molecule has 1 heterocycles. The molecule has 19 heavy (non-hydrogen) atoms. The number of methoxy groups -OCH3 is 1. The summed E-state index contributed by atoms with van der Waals surface area (Å²) < 4.78 is 5.59. The Morgan fingerprint density at radius 2 is 2.05 bits per heavy atom. The zero-order chi connectivity index (χ0) is 13.3. The molecule has 98 valence electrons. The van der Waals surface area contributed by atoms with Gasteiger partial charge in [0.25, 0.3) is 0 Å². The van der Waals surface area contributed by atoms with E-state index in [1.807, 2.05) is 24.3 Å². The van der Waals surface area contributed by atoms with Gasteiger partial charge in [-0.1, -0.05) is 18.2 Å². The van der Waals surface area contributed by atoms with E-state index in [-0.39, 0.29) is 5.78 Å². The van der Waals surface area contributed by atoms with Crippen LogP contribution in [0.1, 0.15) is 36.0 Å². The summed E-state index contributed by atoms with van der Waals surface area (Å²) in [5, 5.41) is 1.96. The van der Waals surface area contributed by atoms with Crippen LogP contribution in [0.4, 0.5) is 0 Å². The van der Waals surface area contributed by atoms with Gasteiger partial charge in [0.05, 0.1) is 0 Å². The molecular weight excluding hydrogens is 238 g/mol. The van der Waals surface area contributed by atoms with Gasteiger partial charge < -0.3 is 4.74 Å². The van der Waals surface area contributed by atoms with Crippen molar-refractivity contribution in [3.63, 3.8) is 0 Å². The number of hydrogen-bond donors (Lipinski definition) is 0. The molecule has 1 fully saturated rings. The van der Waals surface area contributed by atoms with Crippen molar-refractivity contribution < 1.29 is 9.53 Å². The summed E-state index contributed by atoms with van der Waals surface area (Å²) in [6.07, 6.45) is 7.27. The van der Waals surface area contributed by atoms with Crippen molar-refractivity contribution in [2.45, 2.75) is 31.3 Å². The first-order valence-corrected chi connectivity index (χ1v) is 6.69. The van der Waals surface area contributed by atoms with Crippen molar-refractivity contribution in [3.05, 3.63) is 42.2 Å². The van der Waals surface area contributed by atoms with Gasteiger partial charge in [-0.15, -0.1) is 0 Å². The average molecular weight is 255 g/mol. The molecule has 1 aromatic carbocycles. The van der Waals surface area contributed by atoms with Crippen LogP contribution in [0.3, 0.4) is 0 Å². The number of hydrogen-bond acceptors (Lipinski definition) is 3. The van der Waals surface area contributed by atoms with Crippen LogP contribution >= 0.6 is 0 Å². The van der Waals surface area contributed by atoms with E-state index in [4.69, 9.17) is 4.74 Å². The molecule has 0 amide bonds. The average Bonchev–Trinajstić information content (AvgIpc) is 2.96. The Balaban J connectivity index is 2.11. The van der Waals surface area contributed by atoms with Gasteiger partial charge in [-0.05, 0) is 37.1 Å². The van der Waals surface area contributed by atoms with E-state index < -0.39 is 5.60 Å². The highest BCUT2D eigenvalue weighted by molar-refractivity contribution is 6.11. The fourth-order valence-corrected chi connectivity index (χ4v) is 3.03. The molecule has 0 N–H and O–H groups in total. The Hall–Kier alpha value is -1.74. The lowest BCUT2D eigenvalue weighted by molar-refractivity contribution is 0.00617.